The van der Waals surface area contributed by atoms with Crippen molar-refractivity contribution >= 4 is 15.9 Å². The van der Waals surface area contributed by atoms with E-state index in [0.29, 0.717) is 5.56 Å². The number of rotatable bonds is 8. The molecule has 0 spiro atoms. The lowest BCUT2D eigenvalue weighted by Gasteiger charge is -2.18. The van der Waals surface area contributed by atoms with Gasteiger partial charge in [-0.1, -0.05) is 36.8 Å². The van der Waals surface area contributed by atoms with E-state index in [1.165, 1.54) is 24.3 Å². The summed E-state index contributed by atoms with van der Waals surface area (Å²) in [4.78, 5) is 12.6. The second-order valence-electron chi connectivity index (χ2n) is 6.18. The van der Waals surface area contributed by atoms with Crippen LogP contribution in [0.15, 0.2) is 53.4 Å². The Morgan fingerprint density at radius 2 is 1.74 bits per heavy atom. The van der Waals surface area contributed by atoms with E-state index in [9.17, 15) is 13.2 Å². The van der Waals surface area contributed by atoms with Crippen LogP contribution in [0.4, 0.5) is 0 Å². The van der Waals surface area contributed by atoms with Crippen LogP contribution in [0.25, 0.3) is 0 Å². The first-order valence-corrected chi connectivity index (χ1v) is 10.2. The zero-order valence-corrected chi connectivity index (χ0v) is 16.2. The lowest BCUT2D eigenvalue weighted by molar-refractivity contribution is 0.0935. The minimum atomic E-state index is -3.68. The zero-order chi connectivity index (χ0) is 19.9. The highest BCUT2D eigenvalue weighted by Crippen LogP contribution is 2.18. The molecule has 0 aliphatic rings. The Bertz CT molecular complexity index is 914. The predicted molar refractivity (Wildman–Crippen MR) is 104 cm³/mol. The monoisotopic (exact) mass is 385 g/mol. The predicted octanol–water partition coefficient (Wildman–Crippen LogP) is 3.07. The van der Waals surface area contributed by atoms with Crippen LogP contribution in [0.3, 0.4) is 0 Å². The van der Waals surface area contributed by atoms with Gasteiger partial charge >= 0.3 is 0 Å². The molecule has 0 saturated heterocycles. The minimum Gasteiger partial charge on any atom is -0.345 e. The lowest BCUT2D eigenvalue weighted by atomic mass is 10.0. The molecule has 6 nitrogen and oxygen atoms in total. The first-order valence-electron chi connectivity index (χ1n) is 8.71. The summed E-state index contributed by atoms with van der Waals surface area (Å²) >= 11 is 0. The van der Waals surface area contributed by atoms with Crippen LogP contribution in [0.2, 0.25) is 0 Å². The number of nitrogens with zero attached hydrogens (tertiary/aromatic N) is 1. The maximum Gasteiger partial charge on any atom is 0.251 e. The third-order valence-electron chi connectivity index (χ3n) is 4.15. The van der Waals surface area contributed by atoms with Gasteiger partial charge < -0.3 is 5.32 Å². The molecule has 0 radical (unpaired) electrons. The van der Waals surface area contributed by atoms with Crippen molar-refractivity contribution in [3.63, 3.8) is 0 Å². The molecule has 0 unspecified atom stereocenters. The number of benzene rings is 2. The van der Waals surface area contributed by atoms with Crippen molar-refractivity contribution in [3.05, 3.63) is 65.2 Å². The number of nitrogens with one attached hydrogen (secondary N) is 2. The second-order valence-corrected chi connectivity index (χ2v) is 7.94. The molecule has 27 heavy (non-hydrogen) atoms. The summed E-state index contributed by atoms with van der Waals surface area (Å²) in [5.74, 6) is -0.260. The largest absolute Gasteiger partial charge is 0.345 e. The molecule has 2 aromatic rings. The van der Waals surface area contributed by atoms with Crippen molar-refractivity contribution in [2.24, 2.45) is 0 Å². The first-order chi connectivity index (χ1) is 12.9. The van der Waals surface area contributed by atoms with Crippen molar-refractivity contribution in [2.75, 3.05) is 6.54 Å². The fourth-order valence-electron chi connectivity index (χ4n) is 2.57. The molecule has 2 aromatic carbocycles. The van der Waals surface area contributed by atoms with Crippen LogP contribution in [-0.4, -0.2) is 20.9 Å². The van der Waals surface area contributed by atoms with E-state index >= 15 is 0 Å². The van der Waals surface area contributed by atoms with Gasteiger partial charge in [0.25, 0.3) is 5.91 Å². The van der Waals surface area contributed by atoms with Gasteiger partial charge in [-0.15, -0.1) is 0 Å². The Labute approximate surface area is 160 Å². The van der Waals surface area contributed by atoms with Gasteiger partial charge in [0.15, 0.2) is 0 Å². The molecule has 2 rings (SSSR count). The van der Waals surface area contributed by atoms with E-state index in [1.807, 2.05) is 44.2 Å². The Morgan fingerprint density at radius 1 is 1.11 bits per heavy atom. The molecule has 2 N–H and O–H groups in total. The quantitative estimate of drug-likeness (QED) is 0.682. The zero-order valence-electron chi connectivity index (χ0n) is 15.4. The van der Waals surface area contributed by atoms with Crippen LogP contribution >= 0.6 is 0 Å². The fraction of sp³-hybridized carbons (Fsp3) is 0.300. The molecule has 1 atom stereocenters. The molecular formula is C20H23N3O3S. The molecule has 0 aliphatic heterocycles. The topological polar surface area (TPSA) is 99.1 Å². The van der Waals surface area contributed by atoms with Crippen molar-refractivity contribution in [3.8, 4) is 6.07 Å². The Balaban J connectivity index is 2.08. The number of carbonyl (C=O) groups excluding carboxylic acids is 1. The summed E-state index contributed by atoms with van der Waals surface area (Å²) in [7, 11) is -3.68. The summed E-state index contributed by atoms with van der Waals surface area (Å²) in [5, 5.41) is 11.5. The molecule has 0 fully saturated rings. The lowest BCUT2D eigenvalue weighted by Crippen LogP contribution is -2.28. The van der Waals surface area contributed by atoms with Crippen molar-refractivity contribution in [1.29, 1.82) is 5.26 Å². The molecule has 0 heterocycles. The highest BCUT2D eigenvalue weighted by molar-refractivity contribution is 7.89. The van der Waals surface area contributed by atoms with Gasteiger partial charge in [0.2, 0.25) is 10.0 Å². The van der Waals surface area contributed by atoms with Crippen LogP contribution in [0, 0.1) is 18.3 Å². The third-order valence-corrected chi connectivity index (χ3v) is 5.63. The van der Waals surface area contributed by atoms with Gasteiger partial charge in [-0.25, -0.2) is 13.1 Å². The fourth-order valence-corrected chi connectivity index (χ4v) is 3.60. The van der Waals surface area contributed by atoms with Gasteiger partial charge in [0.1, 0.15) is 0 Å². The minimum absolute atomic E-state index is 0.0514. The maximum atomic E-state index is 12.5. The number of carbonyl (C=O) groups is 1. The molecular weight excluding hydrogens is 362 g/mol. The molecule has 0 aromatic heterocycles. The molecule has 0 saturated carbocycles. The van der Waals surface area contributed by atoms with Crippen LogP contribution in [0.5, 0.6) is 0 Å². The van der Waals surface area contributed by atoms with Gasteiger partial charge in [-0.2, -0.15) is 5.26 Å². The van der Waals surface area contributed by atoms with E-state index in [-0.39, 0.29) is 29.8 Å². The summed E-state index contributed by atoms with van der Waals surface area (Å²) in [6, 6.07) is 15.5. The number of hydrogen-bond donors (Lipinski definition) is 2. The Hall–Kier alpha value is -2.69. The normalized spacial score (nSPS) is 12.2. The van der Waals surface area contributed by atoms with E-state index in [0.717, 1.165) is 17.5 Å². The maximum absolute atomic E-state index is 12.5. The average molecular weight is 385 g/mol. The van der Waals surface area contributed by atoms with E-state index in [4.69, 9.17) is 5.26 Å². The summed E-state index contributed by atoms with van der Waals surface area (Å²) < 4.78 is 26.5. The second kappa shape index (κ2) is 9.31. The standard InChI is InChI=1S/C20H23N3O3S/c1-3-19(16-7-5-15(2)6-8-16)23-20(24)17-9-11-18(12-10-17)27(25,26)22-14-4-13-21/h5-12,19,22H,3-4,14H2,1-2H3,(H,23,24)/t19-/m1/s1. The van der Waals surface area contributed by atoms with Crippen molar-refractivity contribution < 1.29 is 13.2 Å². The van der Waals surface area contributed by atoms with Gasteiger partial charge in [-0.3, -0.25) is 4.79 Å². The first kappa shape index (κ1) is 20.6. The Kier molecular flexibility index (Phi) is 7.11. The van der Waals surface area contributed by atoms with Gasteiger partial charge in [0.05, 0.1) is 17.0 Å². The molecule has 7 heteroatoms. The number of nitriles is 1. The summed E-state index contributed by atoms with van der Waals surface area (Å²) in [6.45, 7) is 4.05. The van der Waals surface area contributed by atoms with E-state index in [2.05, 4.69) is 10.0 Å². The SMILES string of the molecule is CC[C@@H](NC(=O)c1ccc(S(=O)(=O)NCCC#N)cc1)c1ccc(C)cc1. The molecule has 142 valence electrons. The third kappa shape index (κ3) is 5.64. The molecule has 0 bridgehead atoms. The number of aryl methyl sites for hydroxylation is 1. The molecule has 1 amide bonds. The Morgan fingerprint density at radius 3 is 2.30 bits per heavy atom. The van der Waals surface area contributed by atoms with Crippen molar-refractivity contribution in [1.82, 2.24) is 10.0 Å². The van der Waals surface area contributed by atoms with E-state index < -0.39 is 10.0 Å². The smallest absolute Gasteiger partial charge is 0.251 e. The highest BCUT2D eigenvalue weighted by Gasteiger charge is 2.17. The van der Waals surface area contributed by atoms with Gasteiger partial charge in [-0.05, 0) is 43.2 Å². The van der Waals surface area contributed by atoms with Crippen LogP contribution in [-0.2, 0) is 10.0 Å². The number of hydrogen-bond acceptors (Lipinski definition) is 4. The summed E-state index contributed by atoms with van der Waals surface area (Å²) in [5.41, 5.74) is 2.56. The van der Waals surface area contributed by atoms with E-state index in [1.54, 1.807) is 0 Å². The van der Waals surface area contributed by atoms with Crippen LogP contribution in [0.1, 0.15) is 47.3 Å². The van der Waals surface area contributed by atoms with Crippen molar-refractivity contribution in [2.45, 2.75) is 37.6 Å². The van der Waals surface area contributed by atoms with Crippen LogP contribution < -0.4 is 10.0 Å². The van der Waals surface area contributed by atoms with Gasteiger partial charge in [0, 0.05) is 18.5 Å². The average Bonchev–Trinajstić information content (AvgIpc) is 2.67. The molecule has 0 aliphatic carbocycles. The highest BCUT2D eigenvalue weighted by atomic mass is 32.2. The number of sulfonamides is 1. The number of amides is 1. The summed E-state index contributed by atoms with van der Waals surface area (Å²) in [6.07, 6.45) is 0.835.